The molecule has 30 heavy (non-hydrogen) atoms. The van der Waals surface area contributed by atoms with Crippen LogP contribution in [0, 0.1) is 0 Å². The molecule has 9 nitrogen and oxygen atoms in total. The van der Waals surface area contributed by atoms with Gasteiger partial charge in [0.1, 0.15) is 0 Å². The molecule has 0 saturated heterocycles. The number of carboxylic acid groups (broad SMARTS) is 1. The SMILES string of the molecule is CC1N(CCCS(=O)(=O)O)c2ccc(S(=O)(=O)O)cc2C1(C)CCCCCC(=O)O. The Kier molecular flexibility index (Phi) is 7.54. The molecule has 170 valence electrons. The van der Waals surface area contributed by atoms with Gasteiger partial charge in [0, 0.05) is 30.1 Å². The van der Waals surface area contributed by atoms with Gasteiger partial charge in [0.15, 0.2) is 0 Å². The molecule has 0 aromatic heterocycles. The first-order valence-corrected chi connectivity index (χ1v) is 12.9. The highest BCUT2D eigenvalue weighted by molar-refractivity contribution is 7.86. The third-order valence-electron chi connectivity index (χ3n) is 5.97. The van der Waals surface area contributed by atoms with E-state index in [1.54, 1.807) is 6.07 Å². The molecule has 2 unspecified atom stereocenters. The normalized spacial score (nSPS) is 21.6. The Hall–Kier alpha value is -1.69. The van der Waals surface area contributed by atoms with Gasteiger partial charge in [-0.2, -0.15) is 16.8 Å². The summed E-state index contributed by atoms with van der Waals surface area (Å²) in [6, 6.07) is 4.29. The fraction of sp³-hybridized carbons (Fsp3) is 0.632. The van der Waals surface area contributed by atoms with Crippen molar-refractivity contribution in [3.8, 4) is 0 Å². The Morgan fingerprint density at radius 2 is 1.77 bits per heavy atom. The summed E-state index contributed by atoms with van der Waals surface area (Å²) in [5, 5.41) is 8.78. The number of benzene rings is 1. The van der Waals surface area contributed by atoms with E-state index in [9.17, 15) is 26.2 Å². The van der Waals surface area contributed by atoms with Crippen LogP contribution >= 0.6 is 0 Å². The lowest BCUT2D eigenvalue weighted by Gasteiger charge is -2.34. The predicted octanol–water partition coefficient (Wildman–Crippen LogP) is 2.71. The van der Waals surface area contributed by atoms with Crippen molar-refractivity contribution in [1.82, 2.24) is 0 Å². The number of hydrogen-bond donors (Lipinski definition) is 3. The second-order valence-electron chi connectivity index (χ2n) is 8.03. The quantitative estimate of drug-likeness (QED) is 0.332. The minimum Gasteiger partial charge on any atom is -0.481 e. The smallest absolute Gasteiger partial charge is 0.303 e. The van der Waals surface area contributed by atoms with Gasteiger partial charge in [-0.3, -0.25) is 13.9 Å². The van der Waals surface area contributed by atoms with E-state index < -0.39 is 31.6 Å². The van der Waals surface area contributed by atoms with Crippen molar-refractivity contribution in [3.05, 3.63) is 23.8 Å². The van der Waals surface area contributed by atoms with Crippen molar-refractivity contribution in [2.75, 3.05) is 17.2 Å². The van der Waals surface area contributed by atoms with E-state index in [4.69, 9.17) is 9.66 Å². The van der Waals surface area contributed by atoms with E-state index in [1.165, 1.54) is 12.1 Å². The van der Waals surface area contributed by atoms with Gasteiger partial charge in [0.05, 0.1) is 10.6 Å². The number of carbonyl (C=O) groups is 1. The van der Waals surface area contributed by atoms with E-state index in [-0.39, 0.29) is 29.5 Å². The van der Waals surface area contributed by atoms with Gasteiger partial charge in [-0.05, 0) is 49.9 Å². The standard InChI is InChI=1S/C19H29NO8S2/c1-14-19(2,10-5-3-4-7-18(21)22)16-13-15(30(26,27)28)8-9-17(16)20(14)11-6-12-29(23,24)25/h8-9,13-14H,3-7,10-12H2,1-2H3,(H,21,22)(H,23,24,25)(H,26,27,28). The third kappa shape index (κ3) is 5.93. The van der Waals surface area contributed by atoms with Crippen LogP contribution in [0.4, 0.5) is 5.69 Å². The van der Waals surface area contributed by atoms with Crippen molar-refractivity contribution < 1.29 is 35.8 Å². The highest BCUT2D eigenvalue weighted by Gasteiger charge is 2.45. The van der Waals surface area contributed by atoms with Crippen LogP contribution in [0.25, 0.3) is 0 Å². The number of fused-ring (bicyclic) bond motifs is 1. The maximum atomic E-state index is 11.6. The monoisotopic (exact) mass is 463 g/mol. The Morgan fingerprint density at radius 3 is 2.33 bits per heavy atom. The van der Waals surface area contributed by atoms with Gasteiger partial charge < -0.3 is 10.0 Å². The summed E-state index contributed by atoms with van der Waals surface area (Å²) in [5.74, 6) is -1.22. The lowest BCUT2D eigenvalue weighted by Crippen LogP contribution is -2.41. The average molecular weight is 464 g/mol. The fourth-order valence-electron chi connectivity index (χ4n) is 4.18. The van der Waals surface area contributed by atoms with Gasteiger partial charge >= 0.3 is 5.97 Å². The molecule has 1 aliphatic heterocycles. The summed E-state index contributed by atoms with van der Waals surface area (Å²) in [7, 11) is -8.46. The number of carboxylic acids is 1. The largest absolute Gasteiger partial charge is 0.481 e. The Labute approximate surface area is 177 Å². The summed E-state index contributed by atoms with van der Waals surface area (Å²) in [4.78, 5) is 12.5. The number of unbranched alkanes of at least 4 members (excludes halogenated alkanes) is 2. The van der Waals surface area contributed by atoms with Crippen LogP contribution in [0.5, 0.6) is 0 Å². The van der Waals surface area contributed by atoms with Crippen LogP contribution < -0.4 is 4.90 Å². The van der Waals surface area contributed by atoms with Crippen LogP contribution in [0.15, 0.2) is 23.1 Å². The average Bonchev–Trinajstić information content (AvgIpc) is 2.81. The maximum absolute atomic E-state index is 11.6. The minimum absolute atomic E-state index is 0.0926. The zero-order valence-corrected chi connectivity index (χ0v) is 18.7. The Bertz CT molecular complexity index is 990. The van der Waals surface area contributed by atoms with Gasteiger partial charge in [-0.1, -0.05) is 19.8 Å². The zero-order chi connectivity index (χ0) is 22.7. The van der Waals surface area contributed by atoms with E-state index >= 15 is 0 Å². The number of hydrogen-bond acceptors (Lipinski definition) is 6. The van der Waals surface area contributed by atoms with Gasteiger partial charge in [-0.25, -0.2) is 0 Å². The van der Waals surface area contributed by atoms with Crippen LogP contribution in [-0.2, 0) is 30.4 Å². The molecule has 0 fully saturated rings. The maximum Gasteiger partial charge on any atom is 0.303 e. The van der Waals surface area contributed by atoms with E-state index in [1.807, 2.05) is 18.7 Å². The third-order valence-corrected chi connectivity index (χ3v) is 7.62. The first kappa shape index (κ1) is 24.6. The lowest BCUT2D eigenvalue weighted by molar-refractivity contribution is -0.137. The molecule has 11 heteroatoms. The number of anilines is 1. The molecule has 0 saturated carbocycles. The first-order valence-electron chi connectivity index (χ1n) is 9.81. The Balaban J connectivity index is 2.29. The predicted molar refractivity (Wildman–Crippen MR) is 112 cm³/mol. The number of aliphatic carboxylic acids is 1. The molecule has 1 aromatic rings. The molecule has 0 amide bonds. The summed E-state index contributed by atoms with van der Waals surface area (Å²) in [6.07, 6.45) is 2.97. The van der Waals surface area contributed by atoms with E-state index in [0.717, 1.165) is 17.7 Å². The van der Waals surface area contributed by atoms with Crippen molar-refractivity contribution >= 4 is 31.9 Å². The van der Waals surface area contributed by atoms with Crippen LogP contribution in [0.1, 0.15) is 57.9 Å². The summed E-state index contributed by atoms with van der Waals surface area (Å²) in [5.41, 5.74) is 1.03. The summed E-state index contributed by atoms with van der Waals surface area (Å²) in [6.45, 7) is 4.32. The molecule has 0 radical (unpaired) electrons. The van der Waals surface area contributed by atoms with E-state index in [2.05, 4.69) is 0 Å². The van der Waals surface area contributed by atoms with Crippen molar-refractivity contribution in [1.29, 1.82) is 0 Å². The lowest BCUT2D eigenvalue weighted by atomic mass is 9.75. The molecule has 2 atom stereocenters. The zero-order valence-electron chi connectivity index (χ0n) is 17.1. The number of nitrogens with zero attached hydrogens (tertiary/aromatic N) is 1. The molecule has 2 rings (SSSR count). The van der Waals surface area contributed by atoms with Gasteiger partial charge in [0.25, 0.3) is 20.2 Å². The summed E-state index contributed by atoms with van der Waals surface area (Å²) >= 11 is 0. The molecule has 1 heterocycles. The topological polar surface area (TPSA) is 149 Å². The molecular weight excluding hydrogens is 434 g/mol. The van der Waals surface area contributed by atoms with Crippen LogP contribution in [-0.4, -0.2) is 55.4 Å². The second kappa shape index (κ2) is 9.21. The summed E-state index contributed by atoms with van der Waals surface area (Å²) < 4.78 is 63.9. The molecule has 1 aromatic carbocycles. The second-order valence-corrected chi connectivity index (χ2v) is 11.0. The highest BCUT2D eigenvalue weighted by Crippen LogP contribution is 2.48. The molecule has 0 spiro atoms. The van der Waals surface area contributed by atoms with Crippen molar-refractivity contribution in [2.24, 2.45) is 0 Å². The minimum atomic E-state index is -4.38. The number of rotatable bonds is 11. The molecule has 0 aliphatic carbocycles. The fourth-order valence-corrected chi connectivity index (χ4v) is 5.18. The van der Waals surface area contributed by atoms with Gasteiger partial charge in [-0.15, -0.1) is 0 Å². The Morgan fingerprint density at radius 1 is 1.10 bits per heavy atom. The molecule has 0 bridgehead atoms. The molecular formula is C19H29NO8S2. The van der Waals surface area contributed by atoms with Crippen molar-refractivity contribution in [2.45, 2.75) is 68.7 Å². The van der Waals surface area contributed by atoms with Crippen molar-refractivity contribution in [3.63, 3.8) is 0 Å². The van der Waals surface area contributed by atoms with Gasteiger partial charge in [0.2, 0.25) is 0 Å². The van der Waals surface area contributed by atoms with Crippen LogP contribution in [0.3, 0.4) is 0 Å². The molecule has 1 aliphatic rings. The van der Waals surface area contributed by atoms with Crippen LogP contribution in [0.2, 0.25) is 0 Å². The van der Waals surface area contributed by atoms with E-state index in [0.29, 0.717) is 25.8 Å². The molecule has 3 N–H and O–H groups in total. The highest BCUT2D eigenvalue weighted by atomic mass is 32.2. The first-order chi connectivity index (χ1) is 13.8.